The number of carbonyl (C=O) groups is 1. The second-order valence-electron chi connectivity index (χ2n) is 5.97. The van der Waals surface area contributed by atoms with E-state index in [9.17, 15) is 4.79 Å². The average molecular weight is 244 g/mol. The van der Waals surface area contributed by atoms with Gasteiger partial charge in [0.2, 0.25) is 5.91 Å². The maximum absolute atomic E-state index is 11.6. The molecule has 0 spiro atoms. The van der Waals surface area contributed by atoms with Crippen LogP contribution in [0.4, 0.5) is 5.69 Å². The minimum absolute atomic E-state index is 0.130. The van der Waals surface area contributed by atoms with Crippen LogP contribution in [0.3, 0.4) is 0 Å². The van der Waals surface area contributed by atoms with Crippen molar-refractivity contribution in [2.24, 2.45) is 11.1 Å². The zero-order chi connectivity index (χ0) is 12.9. The second-order valence-corrected chi connectivity index (χ2v) is 5.97. The largest absolute Gasteiger partial charge is 0.323 e. The molecule has 1 atom stereocenters. The molecule has 0 aromatic heterocycles. The fourth-order valence-electron chi connectivity index (χ4n) is 2.78. The van der Waals surface area contributed by atoms with E-state index in [-0.39, 0.29) is 11.9 Å². The number of rotatable bonds is 2. The number of aryl methyl sites for hydroxylation is 1. The van der Waals surface area contributed by atoms with Gasteiger partial charge in [0.25, 0.3) is 0 Å². The summed E-state index contributed by atoms with van der Waals surface area (Å²) in [6.07, 6.45) is 3.91. The first-order chi connectivity index (χ1) is 8.51. The van der Waals surface area contributed by atoms with Crippen LogP contribution in [0.5, 0.6) is 0 Å². The summed E-state index contributed by atoms with van der Waals surface area (Å²) in [4.78, 5) is 13.4. The van der Waals surface area contributed by atoms with Crippen molar-refractivity contribution in [2.75, 3.05) is 11.9 Å². The van der Waals surface area contributed by atoms with Gasteiger partial charge in [0.15, 0.2) is 0 Å². The highest BCUT2D eigenvalue weighted by Crippen LogP contribution is 2.53. The van der Waals surface area contributed by atoms with Crippen LogP contribution in [-0.2, 0) is 11.2 Å². The van der Waals surface area contributed by atoms with Crippen molar-refractivity contribution in [3.8, 4) is 0 Å². The Hall–Kier alpha value is -1.35. The van der Waals surface area contributed by atoms with Gasteiger partial charge in [0.05, 0.1) is 0 Å². The first-order valence-corrected chi connectivity index (χ1v) is 6.66. The molecular weight excluding hydrogens is 224 g/mol. The SMILES string of the molecule is CN1C(=O)CCc2cc(C(N)C3(C)CC3)ccc21. The van der Waals surface area contributed by atoms with Gasteiger partial charge in [-0.25, -0.2) is 0 Å². The van der Waals surface area contributed by atoms with Crippen molar-refractivity contribution in [3.63, 3.8) is 0 Å². The van der Waals surface area contributed by atoms with E-state index in [0.717, 1.165) is 12.1 Å². The number of nitrogens with zero attached hydrogens (tertiary/aromatic N) is 1. The van der Waals surface area contributed by atoms with Crippen molar-refractivity contribution >= 4 is 11.6 Å². The molecule has 0 radical (unpaired) electrons. The predicted molar refractivity (Wildman–Crippen MR) is 72.4 cm³/mol. The van der Waals surface area contributed by atoms with Gasteiger partial charge in [-0.2, -0.15) is 0 Å². The summed E-state index contributed by atoms with van der Waals surface area (Å²) < 4.78 is 0. The lowest BCUT2D eigenvalue weighted by Gasteiger charge is -2.28. The smallest absolute Gasteiger partial charge is 0.227 e. The van der Waals surface area contributed by atoms with E-state index >= 15 is 0 Å². The number of fused-ring (bicyclic) bond motifs is 1. The Balaban J connectivity index is 1.94. The molecule has 3 rings (SSSR count). The van der Waals surface area contributed by atoms with E-state index < -0.39 is 0 Å². The Bertz CT molecular complexity index is 505. The first-order valence-electron chi connectivity index (χ1n) is 6.66. The average Bonchev–Trinajstić information content (AvgIpc) is 3.12. The topological polar surface area (TPSA) is 46.3 Å². The van der Waals surface area contributed by atoms with E-state index in [2.05, 4.69) is 19.1 Å². The van der Waals surface area contributed by atoms with Gasteiger partial charge in [-0.3, -0.25) is 4.79 Å². The molecule has 1 fully saturated rings. The quantitative estimate of drug-likeness (QED) is 0.868. The molecule has 0 saturated heterocycles. The molecule has 2 aliphatic rings. The van der Waals surface area contributed by atoms with Gasteiger partial charge in [0.1, 0.15) is 0 Å². The molecule has 1 aliphatic carbocycles. The van der Waals surface area contributed by atoms with Crippen molar-refractivity contribution in [3.05, 3.63) is 29.3 Å². The van der Waals surface area contributed by atoms with Crippen LogP contribution in [0.15, 0.2) is 18.2 Å². The van der Waals surface area contributed by atoms with E-state index in [1.807, 2.05) is 13.1 Å². The molecule has 96 valence electrons. The van der Waals surface area contributed by atoms with E-state index in [0.29, 0.717) is 11.8 Å². The molecule has 1 unspecified atom stereocenters. The van der Waals surface area contributed by atoms with Crippen LogP contribution in [0.2, 0.25) is 0 Å². The van der Waals surface area contributed by atoms with Gasteiger partial charge in [0, 0.05) is 25.2 Å². The van der Waals surface area contributed by atoms with Crippen LogP contribution >= 0.6 is 0 Å². The monoisotopic (exact) mass is 244 g/mol. The molecule has 1 heterocycles. The molecule has 3 nitrogen and oxygen atoms in total. The van der Waals surface area contributed by atoms with Gasteiger partial charge in [-0.15, -0.1) is 0 Å². The number of nitrogens with two attached hydrogens (primary N) is 1. The minimum Gasteiger partial charge on any atom is -0.323 e. The van der Waals surface area contributed by atoms with Gasteiger partial charge < -0.3 is 10.6 Å². The number of benzene rings is 1. The number of hydrogen-bond acceptors (Lipinski definition) is 2. The highest BCUT2D eigenvalue weighted by molar-refractivity contribution is 5.95. The Morgan fingerprint density at radius 1 is 1.33 bits per heavy atom. The standard InChI is InChI=1S/C15H20N2O/c1-15(7-8-15)14(16)11-3-5-12-10(9-11)4-6-13(18)17(12)2/h3,5,9,14H,4,6-8,16H2,1-2H3. The highest BCUT2D eigenvalue weighted by Gasteiger charge is 2.43. The Labute approximate surface area is 108 Å². The summed E-state index contributed by atoms with van der Waals surface area (Å²) >= 11 is 0. The summed E-state index contributed by atoms with van der Waals surface area (Å²) in [7, 11) is 1.85. The maximum atomic E-state index is 11.6. The second kappa shape index (κ2) is 3.82. The first kappa shape index (κ1) is 11.7. The predicted octanol–water partition coefficient (Wildman–Crippen LogP) is 2.40. The third-order valence-corrected chi connectivity index (χ3v) is 4.60. The lowest BCUT2D eigenvalue weighted by atomic mass is 9.89. The normalized spacial score (nSPS) is 22.6. The fourth-order valence-corrected chi connectivity index (χ4v) is 2.78. The zero-order valence-corrected chi connectivity index (χ0v) is 11.1. The van der Waals surface area contributed by atoms with E-state index in [1.165, 1.54) is 24.0 Å². The molecule has 2 N–H and O–H groups in total. The van der Waals surface area contributed by atoms with Gasteiger partial charge >= 0.3 is 0 Å². The Kier molecular flexibility index (Phi) is 2.49. The number of amides is 1. The molecule has 1 aromatic carbocycles. The van der Waals surface area contributed by atoms with Crippen molar-refractivity contribution < 1.29 is 4.79 Å². The third kappa shape index (κ3) is 1.74. The summed E-state index contributed by atoms with van der Waals surface area (Å²) in [5.41, 5.74) is 10.2. The van der Waals surface area contributed by atoms with Crippen LogP contribution in [0, 0.1) is 5.41 Å². The lowest BCUT2D eigenvalue weighted by Crippen LogP contribution is -2.31. The Morgan fingerprint density at radius 3 is 2.72 bits per heavy atom. The lowest BCUT2D eigenvalue weighted by molar-refractivity contribution is -0.118. The molecule has 18 heavy (non-hydrogen) atoms. The van der Waals surface area contributed by atoms with Crippen LogP contribution < -0.4 is 10.6 Å². The van der Waals surface area contributed by atoms with Crippen LogP contribution in [0.25, 0.3) is 0 Å². The highest BCUT2D eigenvalue weighted by atomic mass is 16.2. The minimum atomic E-state index is 0.130. The molecular formula is C15H20N2O. The van der Waals surface area contributed by atoms with E-state index in [4.69, 9.17) is 5.73 Å². The number of anilines is 1. The Morgan fingerprint density at radius 2 is 2.06 bits per heavy atom. The number of hydrogen-bond donors (Lipinski definition) is 1. The molecule has 1 saturated carbocycles. The van der Waals surface area contributed by atoms with Gasteiger partial charge in [-0.1, -0.05) is 19.1 Å². The van der Waals surface area contributed by atoms with Crippen molar-refractivity contribution in [1.29, 1.82) is 0 Å². The third-order valence-electron chi connectivity index (χ3n) is 4.60. The van der Waals surface area contributed by atoms with E-state index in [1.54, 1.807) is 4.90 Å². The number of carbonyl (C=O) groups excluding carboxylic acids is 1. The summed E-state index contributed by atoms with van der Waals surface area (Å²) in [5.74, 6) is 0.203. The van der Waals surface area contributed by atoms with Crippen molar-refractivity contribution in [2.45, 2.75) is 38.6 Å². The van der Waals surface area contributed by atoms with Crippen molar-refractivity contribution in [1.82, 2.24) is 0 Å². The maximum Gasteiger partial charge on any atom is 0.227 e. The van der Waals surface area contributed by atoms with Crippen LogP contribution in [0.1, 0.15) is 43.4 Å². The molecule has 0 bridgehead atoms. The van der Waals surface area contributed by atoms with Gasteiger partial charge in [-0.05, 0) is 41.9 Å². The molecule has 1 aromatic rings. The zero-order valence-electron chi connectivity index (χ0n) is 11.1. The summed E-state index contributed by atoms with van der Waals surface area (Å²) in [6, 6.07) is 6.47. The fraction of sp³-hybridized carbons (Fsp3) is 0.533. The molecule has 1 aliphatic heterocycles. The molecule has 3 heteroatoms. The summed E-state index contributed by atoms with van der Waals surface area (Å²) in [5, 5.41) is 0. The van der Waals surface area contributed by atoms with Crippen LogP contribution in [-0.4, -0.2) is 13.0 Å². The summed E-state index contributed by atoms with van der Waals surface area (Å²) in [6.45, 7) is 2.26. The molecule has 1 amide bonds.